The number of sulfonamides is 1. The highest BCUT2D eigenvalue weighted by Gasteiger charge is 2.10. The van der Waals surface area contributed by atoms with Crippen LogP contribution in [-0.2, 0) is 10.0 Å². The first-order valence-corrected chi connectivity index (χ1v) is 7.29. The average molecular weight is 289 g/mol. The minimum Gasteiger partial charge on any atom is -0.368 e. The van der Waals surface area contributed by atoms with Crippen molar-refractivity contribution in [1.29, 1.82) is 5.26 Å². The summed E-state index contributed by atoms with van der Waals surface area (Å²) in [6, 6.07) is 3.41. The first kappa shape index (κ1) is 14.7. The van der Waals surface area contributed by atoms with Crippen molar-refractivity contribution in [1.82, 2.24) is 9.71 Å². The van der Waals surface area contributed by atoms with Gasteiger partial charge in [0.15, 0.2) is 0 Å². The van der Waals surface area contributed by atoms with E-state index < -0.39 is 10.0 Å². The predicted octanol–water partition coefficient (Wildman–Crippen LogP) is 0.958. The van der Waals surface area contributed by atoms with Crippen LogP contribution in [0.4, 0.5) is 5.82 Å². The molecule has 0 aliphatic carbocycles. The molecule has 6 nitrogen and oxygen atoms in total. The summed E-state index contributed by atoms with van der Waals surface area (Å²) in [6.07, 6.45) is 1.44. The second-order valence-electron chi connectivity index (χ2n) is 3.38. The topological polar surface area (TPSA) is 94.9 Å². The summed E-state index contributed by atoms with van der Waals surface area (Å²) < 4.78 is 25.1. The number of nitrogens with one attached hydrogen (secondary N) is 2. The van der Waals surface area contributed by atoms with Crippen LogP contribution in [0.5, 0.6) is 0 Å². The molecular weight excluding hydrogens is 276 g/mol. The molecule has 0 aliphatic heterocycles. The predicted molar refractivity (Wildman–Crippen MR) is 69.9 cm³/mol. The van der Waals surface area contributed by atoms with E-state index in [2.05, 4.69) is 15.0 Å². The molecule has 18 heavy (non-hydrogen) atoms. The molecule has 0 aromatic carbocycles. The van der Waals surface area contributed by atoms with Crippen LogP contribution < -0.4 is 10.0 Å². The lowest BCUT2D eigenvalue weighted by atomic mass is 10.3. The van der Waals surface area contributed by atoms with Crippen molar-refractivity contribution in [3.8, 4) is 6.07 Å². The highest BCUT2D eigenvalue weighted by molar-refractivity contribution is 7.89. The van der Waals surface area contributed by atoms with Crippen molar-refractivity contribution < 1.29 is 8.42 Å². The molecule has 1 rings (SSSR count). The van der Waals surface area contributed by atoms with E-state index in [1.165, 1.54) is 12.3 Å². The van der Waals surface area contributed by atoms with Crippen molar-refractivity contribution >= 4 is 27.4 Å². The first-order chi connectivity index (χ1) is 8.50. The van der Waals surface area contributed by atoms with Gasteiger partial charge < -0.3 is 5.32 Å². The molecule has 1 aromatic rings. The normalized spacial score (nSPS) is 10.9. The van der Waals surface area contributed by atoms with E-state index in [-0.39, 0.29) is 17.3 Å². The maximum absolute atomic E-state index is 11.4. The quantitative estimate of drug-likeness (QED) is 0.813. The van der Waals surface area contributed by atoms with Gasteiger partial charge in [-0.15, -0.1) is 0 Å². The lowest BCUT2D eigenvalue weighted by Gasteiger charge is -2.08. The Bertz CT molecular complexity index is 553. The molecule has 0 spiro atoms. The number of anilines is 1. The van der Waals surface area contributed by atoms with Gasteiger partial charge in [0, 0.05) is 19.3 Å². The lowest BCUT2D eigenvalue weighted by molar-refractivity contribution is 0.584. The van der Waals surface area contributed by atoms with Crippen LogP contribution in [0.15, 0.2) is 12.3 Å². The fourth-order valence-corrected chi connectivity index (χ4v) is 2.43. The lowest BCUT2D eigenvalue weighted by Crippen LogP contribution is -2.29. The molecule has 0 saturated carbocycles. The molecule has 0 atom stereocenters. The summed E-state index contributed by atoms with van der Waals surface area (Å²) >= 11 is 5.91. The van der Waals surface area contributed by atoms with Gasteiger partial charge in [0.1, 0.15) is 16.9 Å². The van der Waals surface area contributed by atoms with E-state index in [9.17, 15) is 8.42 Å². The van der Waals surface area contributed by atoms with E-state index in [4.69, 9.17) is 16.9 Å². The van der Waals surface area contributed by atoms with Crippen molar-refractivity contribution in [3.63, 3.8) is 0 Å². The van der Waals surface area contributed by atoms with Crippen LogP contribution in [0.1, 0.15) is 12.5 Å². The van der Waals surface area contributed by atoms with Crippen molar-refractivity contribution in [2.45, 2.75) is 6.92 Å². The summed E-state index contributed by atoms with van der Waals surface area (Å²) in [5, 5.41) is 11.8. The maximum atomic E-state index is 11.4. The number of halogens is 1. The van der Waals surface area contributed by atoms with Crippen LogP contribution in [0.2, 0.25) is 5.02 Å². The largest absolute Gasteiger partial charge is 0.368 e. The molecular formula is C10H13ClN4O2S. The molecule has 0 bridgehead atoms. The Morgan fingerprint density at radius 3 is 2.89 bits per heavy atom. The monoisotopic (exact) mass is 288 g/mol. The number of hydrogen-bond donors (Lipinski definition) is 2. The SMILES string of the molecule is CCNS(=O)(=O)CCNc1nccc(C#N)c1Cl. The van der Waals surface area contributed by atoms with Crippen LogP contribution >= 0.6 is 11.6 Å². The van der Waals surface area contributed by atoms with Crippen molar-refractivity contribution in [2.75, 3.05) is 24.2 Å². The summed E-state index contributed by atoms with van der Waals surface area (Å²) in [7, 11) is -3.28. The molecule has 8 heteroatoms. The van der Waals surface area contributed by atoms with Crippen LogP contribution in [-0.4, -0.2) is 32.2 Å². The average Bonchev–Trinajstić information content (AvgIpc) is 2.31. The Labute approximate surface area is 111 Å². The summed E-state index contributed by atoms with van der Waals surface area (Å²) in [5.41, 5.74) is 0.295. The minimum absolute atomic E-state index is 0.0877. The molecule has 1 aromatic heterocycles. The molecule has 0 amide bonds. The third kappa shape index (κ3) is 4.14. The standard InChI is InChI=1S/C10H13ClN4O2S/c1-2-15-18(16,17)6-5-14-10-9(11)8(7-12)3-4-13-10/h3-4,15H,2,5-6H2,1H3,(H,13,14). The van der Waals surface area contributed by atoms with Gasteiger partial charge in [-0.25, -0.2) is 18.1 Å². The zero-order valence-corrected chi connectivity index (χ0v) is 11.3. The fraction of sp³-hybridized carbons (Fsp3) is 0.400. The third-order valence-electron chi connectivity index (χ3n) is 2.04. The molecule has 0 radical (unpaired) electrons. The molecule has 0 unspecified atom stereocenters. The molecule has 0 fully saturated rings. The Morgan fingerprint density at radius 1 is 1.56 bits per heavy atom. The van der Waals surface area contributed by atoms with Gasteiger partial charge in [0.2, 0.25) is 10.0 Å². The second-order valence-corrected chi connectivity index (χ2v) is 5.68. The van der Waals surface area contributed by atoms with Crippen molar-refractivity contribution in [3.05, 3.63) is 22.8 Å². The number of nitrogens with zero attached hydrogens (tertiary/aromatic N) is 2. The molecule has 98 valence electrons. The highest BCUT2D eigenvalue weighted by atomic mass is 35.5. The van der Waals surface area contributed by atoms with Gasteiger partial charge in [0.25, 0.3) is 0 Å². The fourth-order valence-electron chi connectivity index (χ4n) is 1.25. The first-order valence-electron chi connectivity index (χ1n) is 5.26. The second kappa shape index (κ2) is 6.54. The smallest absolute Gasteiger partial charge is 0.213 e. The van der Waals surface area contributed by atoms with E-state index >= 15 is 0 Å². The van der Waals surface area contributed by atoms with Gasteiger partial charge in [-0.05, 0) is 6.07 Å². The van der Waals surface area contributed by atoms with E-state index in [0.29, 0.717) is 17.9 Å². The van der Waals surface area contributed by atoms with Gasteiger partial charge in [0.05, 0.1) is 11.3 Å². The number of rotatable bonds is 6. The van der Waals surface area contributed by atoms with Gasteiger partial charge >= 0.3 is 0 Å². The highest BCUT2D eigenvalue weighted by Crippen LogP contribution is 2.22. The van der Waals surface area contributed by atoms with Gasteiger partial charge in [-0.2, -0.15) is 5.26 Å². The van der Waals surface area contributed by atoms with Gasteiger partial charge in [-0.3, -0.25) is 0 Å². The Hall–Kier alpha value is -1.36. The zero-order chi connectivity index (χ0) is 13.6. The third-order valence-corrected chi connectivity index (χ3v) is 3.89. The number of aromatic nitrogens is 1. The van der Waals surface area contributed by atoms with Crippen molar-refractivity contribution in [2.24, 2.45) is 0 Å². The number of hydrogen-bond acceptors (Lipinski definition) is 5. The Balaban J connectivity index is 2.63. The van der Waals surface area contributed by atoms with Gasteiger partial charge in [-0.1, -0.05) is 18.5 Å². The Morgan fingerprint density at radius 2 is 2.28 bits per heavy atom. The molecule has 0 saturated heterocycles. The minimum atomic E-state index is -3.28. The van der Waals surface area contributed by atoms with Crippen LogP contribution in [0.25, 0.3) is 0 Å². The summed E-state index contributed by atoms with van der Waals surface area (Å²) in [6.45, 7) is 2.22. The van der Waals surface area contributed by atoms with E-state index in [1.54, 1.807) is 6.92 Å². The molecule has 2 N–H and O–H groups in total. The maximum Gasteiger partial charge on any atom is 0.213 e. The Kier molecular flexibility index (Phi) is 5.34. The van der Waals surface area contributed by atoms with E-state index in [1.807, 2.05) is 6.07 Å². The summed E-state index contributed by atoms with van der Waals surface area (Å²) in [5.74, 6) is 0.220. The number of pyridine rings is 1. The zero-order valence-electron chi connectivity index (χ0n) is 9.77. The number of nitriles is 1. The van der Waals surface area contributed by atoms with Crippen LogP contribution in [0.3, 0.4) is 0 Å². The molecule has 0 aliphatic rings. The summed E-state index contributed by atoms with van der Waals surface area (Å²) in [4.78, 5) is 3.94. The molecule has 1 heterocycles. The van der Waals surface area contributed by atoms with E-state index in [0.717, 1.165) is 0 Å². The van der Waals surface area contributed by atoms with Crippen LogP contribution in [0, 0.1) is 11.3 Å².